The molecule has 0 saturated heterocycles. The maximum absolute atomic E-state index is 12.4. The molecule has 2 aromatic rings. The number of pyridine rings is 1. The van der Waals surface area contributed by atoms with Crippen molar-refractivity contribution in [2.24, 2.45) is 0 Å². The van der Waals surface area contributed by atoms with Crippen molar-refractivity contribution in [1.82, 2.24) is 9.97 Å². The van der Waals surface area contributed by atoms with Crippen LogP contribution >= 0.6 is 0 Å². The summed E-state index contributed by atoms with van der Waals surface area (Å²) in [7, 11) is 0. The summed E-state index contributed by atoms with van der Waals surface area (Å²) in [5.41, 5.74) is 0.427. The van der Waals surface area contributed by atoms with Gasteiger partial charge in [0.15, 0.2) is 5.78 Å². The third kappa shape index (κ3) is 2.06. The minimum Gasteiger partial charge on any atom is -0.445 e. The molecule has 2 aromatic heterocycles. The zero-order valence-electron chi connectivity index (χ0n) is 11.0. The first-order valence-electron chi connectivity index (χ1n) is 5.83. The van der Waals surface area contributed by atoms with Crippen LogP contribution in [0.2, 0.25) is 0 Å². The van der Waals surface area contributed by atoms with Gasteiger partial charge in [-0.25, -0.2) is 4.98 Å². The Hall–Kier alpha value is -1.97. The topological polar surface area (TPSA) is 56.0 Å². The number of carbonyl (C=O) groups is 1. The number of hydrogen-bond donors (Lipinski definition) is 0. The standard InChI is InChI=1S/C14H16N2O2/c1-9-10(2)18-13(16-9)14(3,4)12(17)11-7-5-6-8-15-11/h5-8H,1-4H3. The van der Waals surface area contributed by atoms with E-state index in [0.29, 0.717) is 11.6 Å². The SMILES string of the molecule is Cc1nc(C(C)(C)C(=O)c2ccccn2)oc1C. The predicted octanol–water partition coefficient (Wildman–Crippen LogP) is 2.85. The third-order valence-corrected chi connectivity index (χ3v) is 3.03. The number of ketones is 1. The van der Waals surface area contributed by atoms with Crippen LogP contribution in [0.4, 0.5) is 0 Å². The van der Waals surface area contributed by atoms with E-state index in [0.717, 1.165) is 11.5 Å². The summed E-state index contributed by atoms with van der Waals surface area (Å²) in [6, 6.07) is 5.28. The summed E-state index contributed by atoms with van der Waals surface area (Å²) in [4.78, 5) is 20.8. The Balaban J connectivity index is 2.40. The molecule has 0 atom stereocenters. The molecule has 0 aliphatic heterocycles. The second kappa shape index (κ2) is 4.37. The summed E-state index contributed by atoms with van der Waals surface area (Å²) >= 11 is 0. The number of Topliss-reactive ketones (excluding diaryl/α,β-unsaturated/α-hetero) is 1. The number of hydrogen-bond acceptors (Lipinski definition) is 4. The zero-order chi connectivity index (χ0) is 13.3. The minimum atomic E-state index is -0.812. The van der Waals surface area contributed by atoms with Crippen molar-refractivity contribution in [3.05, 3.63) is 47.4 Å². The van der Waals surface area contributed by atoms with E-state index in [1.165, 1.54) is 0 Å². The second-order valence-electron chi connectivity index (χ2n) is 4.83. The largest absolute Gasteiger partial charge is 0.445 e. The fourth-order valence-electron chi connectivity index (χ4n) is 1.65. The molecule has 2 rings (SSSR count). The Bertz CT molecular complexity index is 551. The van der Waals surface area contributed by atoms with Gasteiger partial charge in [-0.3, -0.25) is 9.78 Å². The fraction of sp³-hybridized carbons (Fsp3) is 0.357. The Morgan fingerprint density at radius 1 is 1.28 bits per heavy atom. The highest BCUT2D eigenvalue weighted by Crippen LogP contribution is 2.27. The number of aromatic nitrogens is 2. The maximum Gasteiger partial charge on any atom is 0.208 e. The van der Waals surface area contributed by atoms with Crippen molar-refractivity contribution < 1.29 is 9.21 Å². The summed E-state index contributed by atoms with van der Waals surface area (Å²) < 4.78 is 5.56. The van der Waals surface area contributed by atoms with Crippen molar-refractivity contribution >= 4 is 5.78 Å². The van der Waals surface area contributed by atoms with E-state index in [1.54, 1.807) is 38.2 Å². The Morgan fingerprint density at radius 3 is 2.50 bits per heavy atom. The second-order valence-corrected chi connectivity index (χ2v) is 4.83. The number of oxazole rings is 1. The molecule has 0 aliphatic carbocycles. The van der Waals surface area contributed by atoms with Crippen molar-refractivity contribution in [2.45, 2.75) is 33.1 Å². The van der Waals surface area contributed by atoms with Crippen LogP contribution < -0.4 is 0 Å². The molecule has 4 heteroatoms. The zero-order valence-corrected chi connectivity index (χ0v) is 11.0. The van der Waals surface area contributed by atoms with Gasteiger partial charge in [0.2, 0.25) is 5.89 Å². The first-order chi connectivity index (χ1) is 8.43. The van der Waals surface area contributed by atoms with E-state index in [9.17, 15) is 4.79 Å². The van der Waals surface area contributed by atoms with E-state index in [4.69, 9.17) is 4.42 Å². The number of rotatable bonds is 3. The van der Waals surface area contributed by atoms with Crippen LogP contribution in [0, 0.1) is 13.8 Å². The average Bonchev–Trinajstić information content (AvgIpc) is 2.70. The maximum atomic E-state index is 12.4. The van der Waals surface area contributed by atoms with E-state index >= 15 is 0 Å². The highest BCUT2D eigenvalue weighted by molar-refractivity contribution is 6.01. The molecule has 18 heavy (non-hydrogen) atoms. The normalized spacial score (nSPS) is 11.6. The van der Waals surface area contributed by atoms with Crippen molar-refractivity contribution in [1.29, 1.82) is 0 Å². The molecule has 94 valence electrons. The summed E-state index contributed by atoms with van der Waals surface area (Å²) in [5.74, 6) is 1.09. The van der Waals surface area contributed by atoms with Crippen LogP contribution in [0.25, 0.3) is 0 Å². The van der Waals surface area contributed by atoms with Gasteiger partial charge in [-0.1, -0.05) is 6.07 Å². The number of nitrogens with zero attached hydrogens (tertiary/aromatic N) is 2. The van der Waals surface area contributed by atoms with Crippen molar-refractivity contribution in [3.63, 3.8) is 0 Å². The predicted molar refractivity (Wildman–Crippen MR) is 67.6 cm³/mol. The summed E-state index contributed by atoms with van der Waals surface area (Å²) in [5, 5.41) is 0. The lowest BCUT2D eigenvalue weighted by Crippen LogP contribution is -2.30. The van der Waals surface area contributed by atoms with E-state index in [-0.39, 0.29) is 5.78 Å². The van der Waals surface area contributed by atoms with Gasteiger partial charge in [-0.15, -0.1) is 0 Å². The number of carbonyl (C=O) groups excluding carboxylic acids is 1. The van der Waals surface area contributed by atoms with Crippen LogP contribution in [0.1, 0.15) is 41.7 Å². The van der Waals surface area contributed by atoms with E-state index in [1.807, 2.05) is 13.8 Å². The van der Waals surface area contributed by atoms with Crippen LogP contribution in [0.5, 0.6) is 0 Å². The van der Waals surface area contributed by atoms with Gasteiger partial charge in [0.25, 0.3) is 0 Å². The lowest BCUT2D eigenvalue weighted by Gasteiger charge is -2.18. The molecule has 0 aromatic carbocycles. The van der Waals surface area contributed by atoms with Gasteiger partial charge in [0.1, 0.15) is 16.9 Å². The molecular weight excluding hydrogens is 228 g/mol. The average molecular weight is 244 g/mol. The molecule has 0 aliphatic rings. The van der Waals surface area contributed by atoms with Gasteiger partial charge < -0.3 is 4.42 Å². The quantitative estimate of drug-likeness (QED) is 0.779. The Morgan fingerprint density at radius 2 is 2.00 bits per heavy atom. The van der Waals surface area contributed by atoms with Gasteiger partial charge in [-0.2, -0.15) is 0 Å². The van der Waals surface area contributed by atoms with Crippen LogP contribution in [-0.4, -0.2) is 15.8 Å². The lowest BCUT2D eigenvalue weighted by molar-refractivity contribution is 0.0882. The molecule has 0 fully saturated rings. The summed E-state index contributed by atoms with van der Waals surface area (Å²) in [6.45, 7) is 7.31. The first kappa shape index (κ1) is 12.5. The molecule has 0 radical (unpaired) electrons. The molecule has 4 nitrogen and oxygen atoms in total. The molecule has 0 spiro atoms. The van der Waals surface area contributed by atoms with Crippen LogP contribution in [0.15, 0.2) is 28.8 Å². The smallest absolute Gasteiger partial charge is 0.208 e. The first-order valence-corrected chi connectivity index (χ1v) is 5.83. The highest BCUT2D eigenvalue weighted by Gasteiger charge is 2.36. The Labute approximate surface area is 106 Å². The molecule has 0 amide bonds. The monoisotopic (exact) mass is 244 g/mol. The van der Waals surface area contributed by atoms with E-state index < -0.39 is 5.41 Å². The lowest BCUT2D eigenvalue weighted by atomic mass is 9.86. The summed E-state index contributed by atoms with van der Waals surface area (Å²) in [6.07, 6.45) is 1.61. The van der Waals surface area contributed by atoms with Gasteiger partial charge in [0.05, 0.1) is 5.69 Å². The molecule has 0 saturated carbocycles. The third-order valence-electron chi connectivity index (χ3n) is 3.03. The van der Waals surface area contributed by atoms with Crippen molar-refractivity contribution in [2.75, 3.05) is 0 Å². The fourth-order valence-corrected chi connectivity index (χ4v) is 1.65. The molecule has 2 heterocycles. The van der Waals surface area contributed by atoms with Crippen LogP contribution in [-0.2, 0) is 5.41 Å². The van der Waals surface area contributed by atoms with Gasteiger partial charge in [-0.05, 0) is 39.8 Å². The molecule has 0 N–H and O–H groups in total. The van der Waals surface area contributed by atoms with Crippen LogP contribution in [0.3, 0.4) is 0 Å². The molecule has 0 bridgehead atoms. The molecule has 0 unspecified atom stereocenters. The van der Waals surface area contributed by atoms with E-state index in [2.05, 4.69) is 9.97 Å². The molecular formula is C14H16N2O2. The van der Waals surface area contributed by atoms with Gasteiger partial charge in [0, 0.05) is 6.20 Å². The highest BCUT2D eigenvalue weighted by atomic mass is 16.4. The van der Waals surface area contributed by atoms with Gasteiger partial charge >= 0.3 is 0 Å². The number of aryl methyl sites for hydroxylation is 2. The Kier molecular flexibility index (Phi) is 3.03. The minimum absolute atomic E-state index is 0.0932. The van der Waals surface area contributed by atoms with Crippen molar-refractivity contribution in [3.8, 4) is 0 Å².